The summed E-state index contributed by atoms with van der Waals surface area (Å²) < 4.78 is 0.262. The molecule has 0 aliphatic carbocycles. The Morgan fingerprint density at radius 2 is 1.92 bits per heavy atom. The first-order valence-corrected chi connectivity index (χ1v) is 9.23. The lowest BCUT2D eigenvalue weighted by atomic mass is 10.0. The summed E-state index contributed by atoms with van der Waals surface area (Å²) in [6.45, 7) is 4.96. The number of aryl methyl sites for hydroxylation is 1. The molecular formula is C18H19N2O4S2-. The number of hydrogen-bond donors (Lipinski definition) is 1. The van der Waals surface area contributed by atoms with Crippen molar-refractivity contribution < 1.29 is 19.5 Å². The first-order valence-electron chi connectivity index (χ1n) is 8.01. The van der Waals surface area contributed by atoms with E-state index in [1.54, 1.807) is 19.9 Å². The molecule has 1 aromatic rings. The van der Waals surface area contributed by atoms with Crippen LogP contribution in [0, 0.1) is 12.8 Å². The van der Waals surface area contributed by atoms with E-state index in [4.69, 9.17) is 12.2 Å². The average molecular weight is 391 g/mol. The second-order valence-corrected chi connectivity index (χ2v) is 7.96. The average Bonchev–Trinajstić information content (AvgIpc) is 2.81. The van der Waals surface area contributed by atoms with Crippen molar-refractivity contribution in [2.75, 3.05) is 6.54 Å². The van der Waals surface area contributed by atoms with Gasteiger partial charge >= 0.3 is 0 Å². The van der Waals surface area contributed by atoms with Crippen LogP contribution in [0.1, 0.15) is 25.0 Å². The van der Waals surface area contributed by atoms with Crippen LogP contribution in [0.4, 0.5) is 0 Å². The molecule has 6 nitrogen and oxygen atoms in total. The first kappa shape index (κ1) is 20.1. The van der Waals surface area contributed by atoms with Gasteiger partial charge in [-0.1, -0.05) is 67.7 Å². The van der Waals surface area contributed by atoms with E-state index >= 15 is 0 Å². The van der Waals surface area contributed by atoms with E-state index in [2.05, 4.69) is 5.32 Å². The van der Waals surface area contributed by atoms with Gasteiger partial charge in [0.2, 0.25) is 5.91 Å². The van der Waals surface area contributed by atoms with Crippen LogP contribution in [0.15, 0.2) is 29.2 Å². The molecule has 138 valence electrons. The number of nitrogens with one attached hydrogen (secondary N) is 1. The molecule has 26 heavy (non-hydrogen) atoms. The second-order valence-electron chi connectivity index (χ2n) is 6.29. The quantitative estimate of drug-likeness (QED) is 0.577. The number of aliphatic carboxylic acids is 1. The topological polar surface area (TPSA) is 89.5 Å². The molecule has 1 aliphatic heterocycles. The normalized spacial score (nSPS) is 17.1. The van der Waals surface area contributed by atoms with Gasteiger partial charge in [-0.05, 0) is 24.5 Å². The number of carbonyl (C=O) groups excluding carboxylic acids is 3. The molecule has 1 aliphatic rings. The highest BCUT2D eigenvalue weighted by atomic mass is 32.2. The Hall–Kier alpha value is -2.19. The Kier molecular flexibility index (Phi) is 6.55. The van der Waals surface area contributed by atoms with Crippen molar-refractivity contribution in [1.29, 1.82) is 0 Å². The molecule has 0 bridgehead atoms. The first-order chi connectivity index (χ1) is 12.2. The van der Waals surface area contributed by atoms with Crippen molar-refractivity contribution in [3.8, 4) is 0 Å². The summed E-state index contributed by atoms with van der Waals surface area (Å²) in [5.41, 5.74) is 1.97. The largest absolute Gasteiger partial charge is 0.548 e. The standard InChI is InChI=1S/C18H20N2O4S2/c1-10(2)15(17(23)24)19-14(21)9-20-16(22)13(26-18(20)25)8-12-6-4-11(3)5-7-12/h4-8,10,15H,9H2,1-3H3,(H,19,21)(H,23,24)/p-1/b13-8+/t15-/m1/s1. The fraction of sp³-hybridized carbons (Fsp3) is 0.333. The molecule has 2 rings (SSSR count). The minimum absolute atomic E-state index is 0.262. The van der Waals surface area contributed by atoms with Crippen LogP contribution < -0.4 is 10.4 Å². The molecule has 0 saturated carbocycles. The number of amides is 2. The summed E-state index contributed by atoms with van der Waals surface area (Å²) in [4.78, 5) is 37.3. The highest BCUT2D eigenvalue weighted by molar-refractivity contribution is 8.26. The molecule has 0 radical (unpaired) electrons. The van der Waals surface area contributed by atoms with E-state index in [1.165, 1.54) is 4.90 Å². The van der Waals surface area contributed by atoms with Gasteiger partial charge in [0.05, 0.1) is 16.9 Å². The zero-order valence-electron chi connectivity index (χ0n) is 14.6. The SMILES string of the molecule is Cc1ccc(/C=C2/SC(=S)N(CC(=O)N[C@@H](C(=O)[O-])C(C)C)C2=O)cc1. The van der Waals surface area contributed by atoms with Crippen LogP contribution in [0.5, 0.6) is 0 Å². The summed E-state index contributed by atoms with van der Waals surface area (Å²) in [6.07, 6.45) is 1.72. The zero-order valence-corrected chi connectivity index (χ0v) is 16.3. The zero-order chi connectivity index (χ0) is 19.4. The van der Waals surface area contributed by atoms with E-state index in [9.17, 15) is 19.5 Å². The van der Waals surface area contributed by atoms with Crippen molar-refractivity contribution >= 4 is 52.2 Å². The van der Waals surface area contributed by atoms with E-state index < -0.39 is 17.9 Å². The molecule has 1 N–H and O–H groups in total. The predicted molar refractivity (Wildman–Crippen MR) is 103 cm³/mol. The molecule has 1 saturated heterocycles. The van der Waals surface area contributed by atoms with E-state index in [1.807, 2.05) is 31.2 Å². The van der Waals surface area contributed by atoms with Gasteiger partial charge < -0.3 is 15.2 Å². The van der Waals surface area contributed by atoms with Crippen molar-refractivity contribution in [2.24, 2.45) is 5.92 Å². The highest BCUT2D eigenvalue weighted by Crippen LogP contribution is 2.32. The van der Waals surface area contributed by atoms with Crippen LogP contribution in [0.25, 0.3) is 6.08 Å². The predicted octanol–water partition coefficient (Wildman–Crippen LogP) is 1.09. The highest BCUT2D eigenvalue weighted by Gasteiger charge is 2.33. The van der Waals surface area contributed by atoms with Crippen molar-refractivity contribution in [1.82, 2.24) is 10.2 Å². The Morgan fingerprint density at radius 1 is 1.31 bits per heavy atom. The molecule has 1 aromatic carbocycles. The number of carbonyl (C=O) groups is 3. The molecule has 1 fully saturated rings. The van der Waals surface area contributed by atoms with Gasteiger partial charge in [0, 0.05) is 0 Å². The molecule has 8 heteroatoms. The van der Waals surface area contributed by atoms with Gasteiger partial charge in [0.1, 0.15) is 10.9 Å². The van der Waals surface area contributed by atoms with Crippen molar-refractivity contribution in [3.63, 3.8) is 0 Å². The van der Waals surface area contributed by atoms with Crippen LogP contribution in [0.2, 0.25) is 0 Å². The second kappa shape index (κ2) is 8.46. The van der Waals surface area contributed by atoms with Crippen molar-refractivity contribution in [2.45, 2.75) is 26.8 Å². The molecule has 0 aromatic heterocycles. The smallest absolute Gasteiger partial charge is 0.266 e. The third-order valence-corrected chi connectivity index (χ3v) is 5.17. The van der Waals surface area contributed by atoms with E-state index in [0.29, 0.717) is 4.91 Å². The van der Waals surface area contributed by atoms with E-state index in [-0.39, 0.29) is 22.7 Å². The molecule has 0 unspecified atom stereocenters. The van der Waals surface area contributed by atoms with Gasteiger partial charge in [-0.3, -0.25) is 14.5 Å². The fourth-order valence-electron chi connectivity index (χ4n) is 2.31. The van der Waals surface area contributed by atoms with Gasteiger partial charge in [-0.25, -0.2) is 0 Å². The minimum Gasteiger partial charge on any atom is -0.548 e. The van der Waals surface area contributed by atoms with Crippen LogP contribution >= 0.6 is 24.0 Å². The summed E-state index contributed by atoms with van der Waals surface area (Å²) in [6, 6.07) is 6.53. The van der Waals surface area contributed by atoms with E-state index in [0.717, 1.165) is 22.9 Å². The Balaban J connectivity index is 2.08. The molecule has 2 amide bonds. The lowest BCUT2D eigenvalue weighted by molar-refractivity contribution is -0.309. The van der Waals surface area contributed by atoms with Crippen LogP contribution in [0.3, 0.4) is 0 Å². The minimum atomic E-state index is -1.36. The van der Waals surface area contributed by atoms with Gasteiger partial charge in [0.15, 0.2) is 0 Å². The third-order valence-electron chi connectivity index (χ3n) is 3.79. The van der Waals surface area contributed by atoms with Gasteiger partial charge in [-0.15, -0.1) is 0 Å². The Bertz CT molecular complexity index is 772. The number of carboxylic acid groups (broad SMARTS) is 1. The summed E-state index contributed by atoms with van der Waals surface area (Å²) in [5.74, 6) is -2.67. The lowest BCUT2D eigenvalue weighted by Crippen LogP contribution is -2.53. The summed E-state index contributed by atoms with van der Waals surface area (Å²) >= 11 is 6.30. The molecular weight excluding hydrogens is 372 g/mol. The summed E-state index contributed by atoms with van der Waals surface area (Å²) in [7, 11) is 0. The number of thioether (sulfide) groups is 1. The number of thiocarbonyl (C=S) groups is 1. The number of carboxylic acids is 1. The monoisotopic (exact) mass is 391 g/mol. The summed E-state index contributed by atoms with van der Waals surface area (Å²) in [5, 5.41) is 13.4. The number of nitrogens with zero attached hydrogens (tertiary/aromatic N) is 1. The molecule has 1 heterocycles. The molecule has 1 atom stereocenters. The number of benzene rings is 1. The van der Waals surface area contributed by atoms with Gasteiger partial charge in [-0.2, -0.15) is 0 Å². The Morgan fingerprint density at radius 3 is 2.46 bits per heavy atom. The third kappa shape index (κ3) is 4.92. The Labute approximate surface area is 161 Å². The maximum absolute atomic E-state index is 12.5. The maximum atomic E-state index is 12.5. The maximum Gasteiger partial charge on any atom is 0.266 e. The van der Waals surface area contributed by atoms with Crippen molar-refractivity contribution in [3.05, 3.63) is 40.3 Å². The van der Waals surface area contributed by atoms with Gasteiger partial charge in [0.25, 0.3) is 5.91 Å². The van der Waals surface area contributed by atoms with Crippen LogP contribution in [-0.2, 0) is 14.4 Å². The lowest BCUT2D eigenvalue weighted by Gasteiger charge is -2.24. The molecule has 0 spiro atoms. The number of rotatable bonds is 6. The van der Waals surface area contributed by atoms with Crippen LogP contribution in [-0.4, -0.2) is 39.6 Å². The fourth-order valence-corrected chi connectivity index (χ4v) is 3.57. The number of hydrogen-bond acceptors (Lipinski definition) is 6.